The summed E-state index contributed by atoms with van der Waals surface area (Å²) >= 11 is 1.08. The van der Waals surface area contributed by atoms with Gasteiger partial charge in [0.05, 0.1) is 12.3 Å². The lowest BCUT2D eigenvalue weighted by Gasteiger charge is -2.02. The van der Waals surface area contributed by atoms with Gasteiger partial charge in [-0.3, -0.25) is 10.1 Å². The number of amides is 1. The van der Waals surface area contributed by atoms with Gasteiger partial charge in [0.25, 0.3) is 5.91 Å². The van der Waals surface area contributed by atoms with Gasteiger partial charge >= 0.3 is 5.97 Å². The number of benzene rings is 1. The summed E-state index contributed by atoms with van der Waals surface area (Å²) in [6.07, 6.45) is 0. The van der Waals surface area contributed by atoms with E-state index in [2.05, 4.69) is 10.3 Å². The highest BCUT2D eigenvalue weighted by Gasteiger charge is 2.19. The number of thiazole rings is 1. The largest absolute Gasteiger partial charge is 0.462 e. The summed E-state index contributed by atoms with van der Waals surface area (Å²) in [7, 11) is 0. The Balaban J connectivity index is 1.76. The second kappa shape index (κ2) is 7.75. The Labute approximate surface area is 161 Å². The Morgan fingerprint density at radius 1 is 1.15 bits per heavy atom. The van der Waals surface area contributed by atoms with Crippen LogP contribution < -0.4 is 5.32 Å². The first-order valence-electron chi connectivity index (χ1n) is 8.52. The number of anilines is 1. The van der Waals surface area contributed by atoms with Gasteiger partial charge in [0.2, 0.25) is 0 Å². The molecule has 27 heavy (non-hydrogen) atoms. The minimum Gasteiger partial charge on any atom is -0.462 e. The van der Waals surface area contributed by atoms with Crippen molar-refractivity contribution in [3.63, 3.8) is 0 Å². The number of aryl methyl sites for hydroxylation is 3. The molecule has 0 saturated heterocycles. The molecular weight excluding hydrogens is 364 g/mol. The molecule has 0 aliphatic rings. The standard InChI is InChI=1S/C20H20N2O4S/c1-5-25-19(24)17-13(4)21-20(27-17)22-18(23)16-9-8-15(26-16)14-7-6-11(2)12(3)10-14/h6-10H,5H2,1-4H3,(H,21,22,23). The number of furan rings is 1. The Morgan fingerprint density at radius 2 is 1.93 bits per heavy atom. The molecule has 0 spiro atoms. The summed E-state index contributed by atoms with van der Waals surface area (Å²) in [5, 5.41) is 2.99. The van der Waals surface area contributed by atoms with E-state index in [1.54, 1.807) is 26.0 Å². The number of carbonyl (C=O) groups excluding carboxylic acids is 2. The van der Waals surface area contributed by atoms with Crippen LogP contribution in [0.4, 0.5) is 5.13 Å². The summed E-state index contributed by atoms with van der Waals surface area (Å²) in [5.41, 5.74) is 3.77. The van der Waals surface area contributed by atoms with Crippen LogP contribution in [0, 0.1) is 20.8 Å². The highest BCUT2D eigenvalue weighted by molar-refractivity contribution is 7.17. The van der Waals surface area contributed by atoms with Crippen LogP contribution >= 0.6 is 11.3 Å². The highest BCUT2D eigenvalue weighted by Crippen LogP contribution is 2.27. The van der Waals surface area contributed by atoms with Crippen LogP contribution in [0.1, 0.15) is 44.0 Å². The molecule has 0 unspecified atom stereocenters. The average Bonchev–Trinajstić information content (AvgIpc) is 3.24. The van der Waals surface area contributed by atoms with Crippen molar-refractivity contribution >= 4 is 28.3 Å². The zero-order valence-electron chi connectivity index (χ0n) is 15.6. The van der Waals surface area contributed by atoms with Crippen LogP contribution in [0.3, 0.4) is 0 Å². The molecule has 3 aromatic rings. The lowest BCUT2D eigenvalue weighted by molar-refractivity contribution is 0.0531. The maximum atomic E-state index is 12.4. The fraction of sp³-hybridized carbons (Fsp3) is 0.250. The second-order valence-electron chi connectivity index (χ2n) is 6.07. The van der Waals surface area contributed by atoms with Gasteiger partial charge in [0.1, 0.15) is 10.6 Å². The van der Waals surface area contributed by atoms with Gasteiger partial charge in [-0.25, -0.2) is 9.78 Å². The molecule has 0 atom stereocenters. The van der Waals surface area contributed by atoms with Crippen molar-refractivity contribution in [3.8, 4) is 11.3 Å². The quantitative estimate of drug-likeness (QED) is 0.642. The van der Waals surface area contributed by atoms with E-state index < -0.39 is 11.9 Å². The first-order valence-corrected chi connectivity index (χ1v) is 9.34. The molecule has 7 heteroatoms. The summed E-state index contributed by atoms with van der Waals surface area (Å²) in [6.45, 7) is 7.79. The molecular formula is C20H20N2O4S. The van der Waals surface area contributed by atoms with Crippen LogP contribution in [0.2, 0.25) is 0 Å². The Hall–Kier alpha value is -2.93. The van der Waals surface area contributed by atoms with Crippen molar-refractivity contribution in [2.24, 2.45) is 0 Å². The zero-order chi connectivity index (χ0) is 19.6. The number of nitrogens with zero attached hydrogens (tertiary/aromatic N) is 1. The number of aromatic nitrogens is 1. The van der Waals surface area contributed by atoms with E-state index in [4.69, 9.17) is 9.15 Å². The predicted octanol–water partition coefficient (Wildman–Crippen LogP) is 4.76. The van der Waals surface area contributed by atoms with Gasteiger partial charge < -0.3 is 9.15 Å². The zero-order valence-corrected chi connectivity index (χ0v) is 16.4. The first kappa shape index (κ1) is 18.8. The summed E-state index contributed by atoms with van der Waals surface area (Å²) in [6, 6.07) is 9.37. The SMILES string of the molecule is CCOC(=O)c1sc(NC(=O)c2ccc(-c3ccc(C)c(C)c3)o2)nc1C. The molecule has 140 valence electrons. The van der Waals surface area contributed by atoms with Crippen molar-refractivity contribution in [2.45, 2.75) is 27.7 Å². The van der Waals surface area contributed by atoms with Crippen LogP contribution in [-0.4, -0.2) is 23.5 Å². The van der Waals surface area contributed by atoms with Gasteiger partial charge in [0, 0.05) is 5.56 Å². The fourth-order valence-corrected chi connectivity index (χ4v) is 3.36. The van der Waals surface area contributed by atoms with E-state index in [0.29, 0.717) is 21.5 Å². The molecule has 0 aliphatic heterocycles. The molecule has 6 nitrogen and oxygen atoms in total. The minimum absolute atomic E-state index is 0.175. The molecule has 3 rings (SSSR count). The van der Waals surface area contributed by atoms with E-state index in [0.717, 1.165) is 22.5 Å². The molecule has 0 radical (unpaired) electrons. The number of hydrogen-bond donors (Lipinski definition) is 1. The Bertz CT molecular complexity index is 1000. The van der Waals surface area contributed by atoms with Crippen LogP contribution in [0.5, 0.6) is 0 Å². The fourth-order valence-electron chi connectivity index (χ4n) is 2.50. The van der Waals surface area contributed by atoms with Gasteiger partial charge in [-0.2, -0.15) is 0 Å². The van der Waals surface area contributed by atoms with E-state index in [1.165, 1.54) is 5.56 Å². The third-order valence-electron chi connectivity index (χ3n) is 4.10. The van der Waals surface area contributed by atoms with Crippen molar-refractivity contribution in [1.29, 1.82) is 0 Å². The van der Waals surface area contributed by atoms with Crippen molar-refractivity contribution in [3.05, 3.63) is 57.8 Å². The van der Waals surface area contributed by atoms with Gasteiger partial charge in [0.15, 0.2) is 10.9 Å². The first-order chi connectivity index (χ1) is 12.9. The van der Waals surface area contributed by atoms with Crippen LogP contribution in [-0.2, 0) is 4.74 Å². The molecule has 1 aromatic carbocycles. The van der Waals surface area contributed by atoms with Crippen molar-refractivity contribution in [1.82, 2.24) is 4.98 Å². The van der Waals surface area contributed by atoms with Crippen LogP contribution in [0.15, 0.2) is 34.7 Å². The maximum Gasteiger partial charge on any atom is 0.350 e. The van der Waals surface area contributed by atoms with E-state index >= 15 is 0 Å². The minimum atomic E-state index is -0.442. The molecule has 0 aliphatic carbocycles. The lowest BCUT2D eigenvalue weighted by Crippen LogP contribution is -2.10. The summed E-state index contributed by atoms with van der Waals surface area (Å²) in [5.74, 6) is -0.0724. The molecule has 0 bridgehead atoms. The molecule has 1 amide bonds. The number of carbonyl (C=O) groups is 2. The lowest BCUT2D eigenvalue weighted by atomic mass is 10.1. The Morgan fingerprint density at radius 3 is 2.63 bits per heavy atom. The third-order valence-corrected chi connectivity index (χ3v) is 5.15. The van der Waals surface area contributed by atoms with Gasteiger partial charge in [-0.05, 0) is 57.0 Å². The Kier molecular flexibility index (Phi) is 5.41. The molecule has 0 fully saturated rings. The number of esters is 1. The van der Waals surface area contributed by atoms with Crippen LogP contribution in [0.25, 0.3) is 11.3 Å². The number of ether oxygens (including phenoxy) is 1. The van der Waals surface area contributed by atoms with E-state index in [9.17, 15) is 9.59 Å². The van der Waals surface area contributed by atoms with Crippen molar-refractivity contribution in [2.75, 3.05) is 11.9 Å². The molecule has 2 aromatic heterocycles. The second-order valence-corrected chi connectivity index (χ2v) is 7.07. The van der Waals surface area contributed by atoms with E-state index in [-0.39, 0.29) is 12.4 Å². The maximum absolute atomic E-state index is 12.4. The average molecular weight is 384 g/mol. The normalized spacial score (nSPS) is 10.7. The molecule has 2 heterocycles. The van der Waals surface area contributed by atoms with Crippen molar-refractivity contribution < 1.29 is 18.7 Å². The topological polar surface area (TPSA) is 81.4 Å². The predicted molar refractivity (Wildman–Crippen MR) is 104 cm³/mol. The third kappa shape index (κ3) is 4.09. The van der Waals surface area contributed by atoms with E-state index in [1.807, 2.05) is 32.0 Å². The monoisotopic (exact) mass is 384 g/mol. The molecule has 0 saturated carbocycles. The number of hydrogen-bond acceptors (Lipinski definition) is 6. The smallest absolute Gasteiger partial charge is 0.350 e. The highest BCUT2D eigenvalue weighted by atomic mass is 32.1. The summed E-state index contributed by atoms with van der Waals surface area (Å²) in [4.78, 5) is 28.9. The summed E-state index contributed by atoms with van der Waals surface area (Å²) < 4.78 is 10.7. The molecule has 1 N–H and O–H groups in total. The van der Waals surface area contributed by atoms with Gasteiger partial charge in [-0.15, -0.1) is 0 Å². The number of rotatable bonds is 5. The number of nitrogens with one attached hydrogen (secondary N) is 1. The van der Waals surface area contributed by atoms with Gasteiger partial charge in [-0.1, -0.05) is 23.5 Å².